The summed E-state index contributed by atoms with van der Waals surface area (Å²) in [5, 5.41) is 3.07. The fourth-order valence-electron chi connectivity index (χ4n) is 2.44. The van der Waals surface area contributed by atoms with Gasteiger partial charge in [0.25, 0.3) is 0 Å². The summed E-state index contributed by atoms with van der Waals surface area (Å²) < 4.78 is 1.03. The van der Waals surface area contributed by atoms with Crippen LogP contribution in [-0.2, 0) is 10.3 Å². The van der Waals surface area contributed by atoms with Crippen LogP contribution in [0, 0.1) is 5.41 Å². The van der Waals surface area contributed by atoms with Crippen molar-refractivity contribution < 1.29 is 4.79 Å². The lowest BCUT2D eigenvalue weighted by Gasteiger charge is -2.29. The number of hydrogen-bond donors (Lipinski definition) is 2. The molecule has 1 rings (SSSR count). The molecule has 0 radical (unpaired) electrons. The summed E-state index contributed by atoms with van der Waals surface area (Å²) in [6, 6.07) is 7.88. The normalized spacial score (nSPS) is 13.9. The molecule has 3 nitrogen and oxygen atoms in total. The molecule has 1 amide bonds. The van der Waals surface area contributed by atoms with E-state index in [1.807, 2.05) is 38.1 Å². The summed E-state index contributed by atoms with van der Waals surface area (Å²) in [7, 11) is 0. The number of rotatable bonds is 5. The molecule has 0 aromatic heterocycles. The highest BCUT2D eigenvalue weighted by Crippen LogP contribution is 2.24. The molecule has 0 fully saturated rings. The number of halogens is 1. The van der Waals surface area contributed by atoms with E-state index in [1.54, 1.807) is 0 Å². The van der Waals surface area contributed by atoms with E-state index in [9.17, 15) is 4.79 Å². The minimum Gasteiger partial charge on any atom is -0.347 e. The number of benzene rings is 1. The standard InChI is InChI=1S/C17H27BrN2O/c1-16(2,3)11-14(19)10-15(21)20-17(4,5)12-6-8-13(18)9-7-12/h6-9,14H,10-11,19H2,1-5H3,(H,20,21). The average molecular weight is 355 g/mol. The minimum atomic E-state index is -0.404. The van der Waals surface area contributed by atoms with Crippen LogP contribution in [0.4, 0.5) is 0 Å². The van der Waals surface area contributed by atoms with Crippen LogP contribution in [0.3, 0.4) is 0 Å². The minimum absolute atomic E-state index is 0.000307. The molecule has 1 aromatic carbocycles. The summed E-state index contributed by atoms with van der Waals surface area (Å²) in [5.74, 6) is -0.000307. The second-order valence-corrected chi connectivity index (χ2v) is 8.32. The molecule has 1 aromatic rings. The maximum Gasteiger partial charge on any atom is 0.222 e. The fraction of sp³-hybridized carbons (Fsp3) is 0.588. The largest absolute Gasteiger partial charge is 0.347 e. The van der Waals surface area contributed by atoms with Crippen LogP contribution in [0.5, 0.6) is 0 Å². The number of carbonyl (C=O) groups excluding carboxylic acids is 1. The number of amides is 1. The first kappa shape index (κ1) is 18.2. The highest BCUT2D eigenvalue weighted by molar-refractivity contribution is 9.10. The summed E-state index contributed by atoms with van der Waals surface area (Å²) in [6.45, 7) is 10.4. The zero-order valence-electron chi connectivity index (χ0n) is 13.7. The summed E-state index contributed by atoms with van der Waals surface area (Å²) in [5.41, 5.74) is 6.88. The van der Waals surface area contributed by atoms with E-state index in [0.717, 1.165) is 16.5 Å². The van der Waals surface area contributed by atoms with Crippen LogP contribution in [-0.4, -0.2) is 11.9 Å². The van der Waals surface area contributed by atoms with Gasteiger partial charge in [-0.15, -0.1) is 0 Å². The zero-order chi connectivity index (χ0) is 16.3. The van der Waals surface area contributed by atoms with E-state index in [4.69, 9.17) is 5.73 Å². The highest BCUT2D eigenvalue weighted by atomic mass is 79.9. The Morgan fingerprint density at radius 3 is 2.19 bits per heavy atom. The smallest absolute Gasteiger partial charge is 0.222 e. The molecule has 0 aliphatic rings. The second kappa shape index (κ2) is 6.93. The van der Waals surface area contributed by atoms with Crippen LogP contribution in [0.25, 0.3) is 0 Å². The van der Waals surface area contributed by atoms with Gasteiger partial charge >= 0.3 is 0 Å². The van der Waals surface area contributed by atoms with Crippen molar-refractivity contribution in [2.24, 2.45) is 11.1 Å². The summed E-state index contributed by atoms with van der Waals surface area (Å²) >= 11 is 3.42. The molecule has 0 heterocycles. The molecule has 0 aliphatic carbocycles. The van der Waals surface area contributed by atoms with Gasteiger partial charge < -0.3 is 11.1 Å². The lowest BCUT2D eigenvalue weighted by molar-refractivity contribution is -0.123. The lowest BCUT2D eigenvalue weighted by atomic mass is 9.87. The van der Waals surface area contributed by atoms with Crippen molar-refractivity contribution in [3.8, 4) is 0 Å². The molecule has 21 heavy (non-hydrogen) atoms. The monoisotopic (exact) mass is 354 g/mol. The van der Waals surface area contributed by atoms with Crippen LogP contribution >= 0.6 is 15.9 Å². The fourth-order valence-corrected chi connectivity index (χ4v) is 2.70. The van der Waals surface area contributed by atoms with Crippen molar-refractivity contribution in [3.63, 3.8) is 0 Å². The number of carbonyl (C=O) groups is 1. The van der Waals surface area contributed by atoms with Crippen LogP contribution in [0.2, 0.25) is 0 Å². The number of hydrogen-bond acceptors (Lipinski definition) is 2. The lowest BCUT2D eigenvalue weighted by Crippen LogP contribution is -2.43. The SMILES string of the molecule is CC(C)(C)CC(N)CC(=O)NC(C)(C)c1ccc(Br)cc1. The van der Waals surface area contributed by atoms with Crippen molar-refractivity contribution in [3.05, 3.63) is 34.3 Å². The van der Waals surface area contributed by atoms with Crippen LogP contribution in [0.15, 0.2) is 28.7 Å². The second-order valence-electron chi connectivity index (χ2n) is 7.41. The Kier molecular flexibility index (Phi) is 6.00. The zero-order valence-corrected chi connectivity index (χ0v) is 15.3. The Bertz CT molecular complexity index is 475. The molecule has 4 heteroatoms. The molecule has 3 N–H and O–H groups in total. The third-order valence-corrected chi connectivity index (χ3v) is 3.87. The topological polar surface area (TPSA) is 55.1 Å². The molecular weight excluding hydrogens is 328 g/mol. The van der Waals surface area contributed by atoms with Crippen molar-refractivity contribution in [1.29, 1.82) is 0 Å². The Balaban J connectivity index is 2.62. The third kappa shape index (κ3) is 6.62. The van der Waals surface area contributed by atoms with Gasteiger partial charge in [-0.05, 0) is 43.4 Å². The molecule has 0 aliphatic heterocycles. The Labute approximate surface area is 136 Å². The molecule has 1 atom stereocenters. The number of nitrogens with one attached hydrogen (secondary N) is 1. The van der Waals surface area contributed by atoms with Gasteiger partial charge in [-0.3, -0.25) is 4.79 Å². The Hall–Kier alpha value is -0.870. The molecule has 0 saturated carbocycles. The van der Waals surface area contributed by atoms with Gasteiger partial charge in [0.1, 0.15) is 0 Å². The van der Waals surface area contributed by atoms with Gasteiger partial charge in [-0.25, -0.2) is 0 Å². The van der Waals surface area contributed by atoms with Crippen molar-refractivity contribution in [1.82, 2.24) is 5.32 Å². The first-order chi connectivity index (χ1) is 9.49. The molecular formula is C17H27BrN2O. The first-order valence-electron chi connectivity index (χ1n) is 7.32. The molecule has 0 bridgehead atoms. The average Bonchev–Trinajstić information content (AvgIpc) is 2.25. The van der Waals surface area contributed by atoms with Gasteiger partial charge in [-0.1, -0.05) is 48.8 Å². The predicted octanol–water partition coefficient (Wildman–Crippen LogP) is 3.95. The molecule has 118 valence electrons. The van der Waals surface area contributed by atoms with Crippen molar-refractivity contribution >= 4 is 21.8 Å². The van der Waals surface area contributed by atoms with Gasteiger partial charge in [0.05, 0.1) is 5.54 Å². The van der Waals surface area contributed by atoms with Gasteiger partial charge in [0.15, 0.2) is 0 Å². The Morgan fingerprint density at radius 2 is 1.71 bits per heavy atom. The van der Waals surface area contributed by atoms with Gasteiger partial charge in [0, 0.05) is 16.9 Å². The van der Waals surface area contributed by atoms with E-state index in [1.165, 1.54) is 0 Å². The van der Waals surface area contributed by atoms with E-state index in [0.29, 0.717) is 6.42 Å². The van der Waals surface area contributed by atoms with E-state index in [2.05, 4.69) is 42.0 Å². The van der Waals surface area contributed by atoms with Crippen LogP contribution < -0.4 is 11.1 Å². The van der Waals surface area contributed by atoms with Crippen molar-refractivity contribution in [2.75, 3.05) is 0 Å². The van der Waals surface area contributed by atoms with E-state index in [-0.39, 0.29) is 17.4 Å². The third-order valence-electron chi connectivity index (χ3n) is 3.34. The predicted molar refractivity (Wildman–Crippen MR) is 92.0 cm³/mol. The quantitative estimate of drug-likeness (QED) is 0.840. The molecule has 1 unspecified atom stereocenters. The molecule has 0 saturated heterocycles. The summed E-state index contributed by atoms with van der Waals surface area (Å²) in [4.78, 5) is 12.2. The maximum atomic E-state index is 12.2. The van der Waals surface area contributed by atoms with Crippen molar-refractivity contribution in [2.45, 2.75) is 59.0 Å². The summed E-state index contributed by atoms with van der Waals surface area (Å²) in [6.07, 6.45) is 1.19. The van der Waals surface area contributed by atoms with Gasteiger partial charge in [-0.2, -0.15) is 0 Å². The first-order valence-corrected chi connectivity index (χ1v) is 8.11. The van der Waals surface area contributed by atoms with E-state index < -0.39 is 5.54 Å². The maximum absolute atomic E-state index is 12.2. The highest BCUT2D eigenvalue weighted by Gasteiger charge is 2.24. The number of nitrogens with two attached hydrogens (primary N) is 1. The molecule has 0 spiro atoms. The van der Waals surface area contributed by atoms with Crippen LogP contribution in [0.1, 0.15) is 53.0 Å². The van der Waals surface area contributed by atoms with E-state index >= 15 is 0 Å². The van der Waals surface area contributed by atoms with Gasteiger partial charge in [0.2, 0.25) is 5.91 Å². The Morgan fingerprint density at radius 1 is 1.19 bits per heavy atom.